The van der Waals surface area contributed by atoms with Gasteiger partial charge in [-0.3, -0.25) is 9.69 Å². The lowest BCUT2D eigenvalue weighted by molar-refractivity contribution is -0.121. The Hall–Kier alpha value is -2.73. The summed E-state index contributed by atoms with van der Waals surface area (Å²) in [5, 5.41) is 7.58. The van der Waals surface area contributed by atoms with Crippen LogP contribution >= 0.6 is 0 Å². The van der Waals surface area contributed by atoms with E-state index in [9.17, 15) is 4.79 Å². The molecular weight excluding hydrogens is 398 g/mol. The van der Waals surface area contributed by atoms with Crippen LogP contribution in [0.3, 0.4) is 0 Å². The van der Waals surface area contributed by atoms with E-state index in [1.165, 1.54) is 44.3 Å². The van der Waals surface area contributed by atoms with Gasteiger partial charge in [0.1, 0.15) is 0 Å². The van der Waals surface area contributed by atoms with Crippen LogP contribution in [0.1, 0.15) is 65.9 Å². The number of benzene rings is 1. The van der Waals surface area contributed by atoms with Crippen LogP contribution < -0.4 is 5.32 Å². The largest absolute Gasteiger partial charge is 0.352 e. The van der Waals surface area contributed by atoms with Gasteiger partial charge in [0, 0.05) is 37.0 Å². The monoisotopic (exact) mass is 433 g/mol. The van der Waals surface area contributed by atoms with Crippen LogP contribution in [0.5, 0.6) is 0 Å². The average Bonchev–Trinajstić information content (AvgIpc) is 2.97. The average molecular weight is 434 g/mol. The van der Waals surface area contributed by atoms with Crippen LogP contribution in [0.15, 0.2) is 30.3 Å². The number of hydrogen-bond donors (Lipinski definition) is 1. The van der Waals surface area contributed by atoms with Crippen LogP contribution in [0.4, 0.5) is 0 Å². The molecule has 1 aliphatic rings. The topological polar surface area (TPSA) is 62.5 Å². The summed E-state index contributed by atoms with van der Waals surface area (Å²) in [6.45, 7) is 10.0. The molecule has 2 aromatic heterocycles. The summed E-state index contributed by atoms with van der Waals surface area (Å²) in [5.74, 6) is 0.0641. The molecule has 1 fully saturated rings. The summed E-state index contributed by atoms with van der Waals surface area (Å²) in [7, 11) is 0. The van der Waals surface area contributed by atoms with Crippen LogP contribution in [-0.2, 0) is 24.3 Å². The van der Waals surface area contributed by atoms with E-state index in [-0.39, 0.29) is 5.91 Å². The van der Waals surface area contributed by atoms with Crippen molar-refractivity contribution in [2.75, 3.05) is 13.1 Å². The van der Waals surface area contributed by atoms with Crippen molar-refractivity contribution in [3.63, 3.8) is 0 Å². The van der Waals surface area contributed by atoms with Crippen LogP contribution in [0, 0.1) is 20.8 Å². The van der Waals surface area contributed by atoms with Crippen molar-refractivity contribution in [3.05, 3.63) is 64.1 Å². The van der Waals surface area contributed by atoms with Crippen molar-refractivity contribution < 1.29 is 4.79 Å². The zero-order chi connectivity index (χ0) is 22.5. The first-order valence-electron chi connectivity index (χ1n) is 11.9. The molecule has 0 spiro atoms. The summed E-state index contributed by atoms with van der Waals surface area (Å²) in [6.07, 6.45) is 6.47. The van der Waals surface area contributed by atoms with Crippen molar-refractivity contribution in [2.45, 2.75) is 72.4 Å². The first kappa shape index (κ1) is 22.5. The standard InChI is InChI=1S/C26H35N5O/c1-19-16-25-28-20(2)24(21(3)31(25)29-19)12-13-26(32)27-17-22-8-10-23(11-9-22)18-30-14-6-4-5-7-15-30/h8-11,16H,4-7,12-15,17-18H2,1-3H3,(H,27,32). The Morgan fingerprint density at radius 2 is 1.69 bits per heavy atom. The van der Waals surface area contributed by atoms with E-state index in [4.69, 9.17) is 0 Å². The van der Waals surface area contributed by atoms with E-state index < -0.39 is 0 Å². The molecule has 1 aromatic carbocycles. The first-order chi connectivity index (χ1) is 15.5. The maximum Gasteiger partial charge on any atom is 0.220 e. The highest BCUT2D eigenvalue weighted by molar-refractivity contribution is 5.76. The molecule has 1 saturated heterocycles. The molecule has 3 heterocycles. The van der Waals surface area contributed by atoms with E-state index >= 15 is 0 Å². The second-order valence-corrected chi connectivity index (χ2v) is 9.10. The summed E-state index contributed by atoms with van der Waals surface area (Å²) >= 11 is 0. The lowest BCUT2D eigenvalue weighted by Crippen LogP contribution is -2.24. The molecule has 4 rings (SSSR count). The van der Waals surface area contributed by atoms with Crippen LogP contribution in [0.25, 0.3) is 5.65 Å². The molecule has 3 aromatic rings. The number of likely N-dealkylation sites (tertiary alicyclic amines) is 1. The third-order valence-corrected chi connectivity index (χ3v) is 6.51. The third kappa shape index (κ3) is 5.54. The van der Waals surface area contributed by atoms with E-state index in [2.05, 4.69) is 51.5 Å². The summed E-state index contributed by atoms with van der Waals surface area (Å²) in [5.41, 5.74) is 7.45. The van der Waals surface area contributed by atoms with Gasteiger partial charge in [-0.1, -0.05) is 37.1 Å². The lowest BCUT2D eigenvalue weighted by atomic mass is 10.1. The van der Waals surface area contributed by atoms with Crippen molar-refractivity contribution in [2.24, 2.45) is 0 Å². The fourth-order valence-corrected chi connectivity index (χ4v) is 4.65. The summed E-state index contributed by atoms with van der Waals surface area (Å²) in [4.78, 5) is 19.7. The van der Waals surface area contributed by atoms with E-state index in [0.717, 1.165) is 40.4 Å². The molecule has 6 nitrogen and oxygen atoms in total. The molecular formula is C26H35N5O. The normalized spacial score (nSPS) is 15.1. The number of aromatic nitrogens is 3. The molecule has 0 aliphatic carbocycles. The predicted molar refractivity (Wildman–Crippen MR) is 128 cm³/mol. The third-order valence-electron chi connectivity index (χ3n) is 6.51. The number of hydrogen-bond acceptors (Lipinski definition) is 4. The highest BCUT2D eigenvalue weighted by Crippen LogP contribution is 2.17. The molecule has 0 radical (unpaired) electrons. The van der Waals surface area contributed by atoms with Gasteiger partial charge in [-0.25, -0.2) is 9.50 Å². The molecule has 0 atom stereocenters. The van der Waals surface area contributed by atoms with Crippen LogP contribution in [0.2, 0.25) is 0 Å². The van der Waals surface area contributed by atoms with Gasteiger partial charge in [-0.15, -0.1) is 0 Å². The Kier molecular flexibility index (Phi) is 7.20. The Balaban J connectivity index is 1.27. The fraction of sp³-hybridized carbons (Fsp3) is 0.500. The Bertz CT molecular complexity index is 1060. The second kappa shape index (κ2) is 10.3. The zero-order valence-corrected chi connectivity index (χ0v) is 19.7. The highest BCUT2D eigenvalue weighted by atomic mass is 16.1. The number of aryl methyl sites for hydroxylation is 3. The smallest absolute Gasteiger partial charge is 0.220 e. The van der Waals surface area contributed by atoms with Gasteiger partial charge in [0.25, 0.3) is 0 Å². The summed E-state index contributed by atoms with van der Waals surface area (Å²) in [6, 6.07) is 10.7. The number of carbonyl (C=O) groups excluding carboxylic acids is 1. The number of carbonyl (C=O) groups is 1. The molecule has 1 amide bonds. The molecule has 32 heavy (non-hydrogen) atoms. The van der Waals surface area contributed by atoms with E-state index in [0.29, 0.717) is 19.4 Å². The molecule has 0 unspecified atom stereocenters. The number of fused-ring (bicyclic) bond motifs is 1. The van der Waals surface area contributed by atoms with Crippen molar-refractivity contribution in [3.8, 4) is 0 Å². The number of amides is 1. The van der Waals surface area contributed by atoms with Crippen molar-refractivity contribution in [1.82, 2.24) is 24.8 Å². The van der Waals surface area contributed by atoms with Gasteiger partial charge in [-0.05, 0) is 69.8 Å². The lowest BCUT2D eigenvalue weighted by Gasteiger charge is -2.19. The van der Waals surface area contributed by atoms with Gasteiger partial charge < -0.3 is 5.32 Å². The molecule has 1 N–H and O–H groups in total. The van der Waals surface area contributed by atoms with Gasteiger partial charge in [0.2, 0.25) is 5.91 Å². The van der Waals surface area contributed by atoms with Gasteiger partial charge >= 0.3 is 0 Å². The van der Waals surface area contributed by atoms with Crippen molar-refractivity contribution in [1.29, 1.82) is 0 Å². The van der Waals surface area contributed by atoms with Gasteiger partial charge in [-0.2, -0.15) is 5.10 Å². The molecule has 1 aliphatic heterocycles. The quantitative estimate of drug-likeness (QED) is 0.604. The van der Waals surface area contributed by atoms with Gasteiger partial charge in [0.15, 0.2) is 5.65 Å². The maximum absolute atomic E-state index is 12.5. The molecule has 6 heteroatoms. The number of rotatable bonds is 7. The predicted octanol–water partition coefficient (Wildman–Crippen LogP) is 4.28. The molecule has 0 bridgehead atoms. The Morgan fingerprint density at radius 1 is 1.00 bits per heavy atom. The minimum Gasteiger partial charge on any atom is -0.352 e. The Morgan fingerprint density at radius 3 is 2.41 bits per heavy atom. The first-order valence-corrected chi connectivity index (χ1v) is 11.9. The molecule has 170 valence electrons. The zero-order valence-electron chi connectivity index (χ0n) is 19.7. The van der Waals surface area contributed by atoms with E-state index in [1.54, 1.807) is 0 Å². The van der Waals surface area contributed by atoms with E-state index in [1.807, 2.05) is 24.4 Å². The number of nitrogens with zero attached hydrogens (tertiary/aromatic N) is 4. The Labute approximate surface area is 191 Å². The van der Waals surface area contributed by atoms with Crippen LogP contribution in [-0.4, -0.2) is 38.5 Å². The fourth-order valence-electron chi connectivity index (χ4n) is 4.65. The minimum atomic E-state index is 0.0641. The minimum absolute atomic E-state index is 0.0641. The van der Waals surface area contributed by atoms with Gasteiger partial charge in [0.05, 0.1) is 5.69 Å². The highest BCUT2D eigenvalue weighted by Gasteiger charge is 2.13. The second-order valence-electron chi connectivity index (χ2n) is 9.10. The van der Waals surface area contributed by atoms with Crippen molar-refractivity contribution >= 4 is 11.6 Å². The SMILES string of the molecule is Cc1cc2nc(C)c(CCC(=O)NCc3ccc(CN4CCCCCC4)cc3)c(C)n2n1. The molecule has 0 saturated carbocycles. The maximum atomic E-state index is 12.5. The number of nitrogens with one attached hydrogen (secondary N) is 1. The summed E-state index contributed by atoms with van der Waals surface area (Å²) < 4.78 is 1.88.